The van der Waals surface area contributed by atoms with Crippen molar-refractivity contribution in [3.8, 4) is 0 Å². The molecule has 0 spiro atoms. The number of carbonyl (C=O) groups excluding carboxylic acids is 2. The SMILES string of the molecule is O=Cc1ccccc1NC(=O)c1cccc2cccnc12. The number of rotatable bonds is 3. The molecule has 0 aliphatic heterocycles. The van der Waals surface area contributed by atoms with E-state index in [-0.39, 0.29) is 5.91 Å². The van der Waals surface area contributed by atoms with Crippen molar-refractivity contribution >= 4 is 28.8 Å². The van der Waals surface area contributed by atoms with Crippen LogP contribution in [0.25, 0.3) is 10.9 Å². The first-order valence-corrected chi connectivity index (χ1v) is 6.49. The predicted octanol–water partition coefficient (Wildman–Crippen LogP) is 3.30. The van der Waals surface area contributed by atoms with Crippen LogP contribution in [-0.4, -0.2) is 17.2 Å². The molecule has 4 nitrogen and oxygen atoms in total. The van der Waals surface area contributed by atoms with Gasteiger partial charge in [-0.25, -0.2) is 0 Å². The number of hydrogen-bond acceptors (Lipinski definition) is 3. The zero-order chi connectivity index (χ0) is 14.7. The third kappa shape index (κ3) is 2.51. The first-order valence-electron chi connectivity index (χ1n) is 6.49. The molecule has 3 aromatic rings. The smallest absolute Gasteiger partial charge is 0.257 e. The van der Waals surface area contributed by atoms with Crippen molar-refractivity contribution in [1.29, 1.82) is 0 Å². The fraction of sp³-hybridized carbons (Fsp3) is 0. The highest BCUT2D eigenvalue weighted by Crippen LogP contribution is 2.19. The van der Waals surface area contributed by atoms with Gasteiger partial charge < -0.3 is 5.32 Å². The molecule has 0 aliphatic carbocycles. The largest absolute Gasteiger partial charge is 0.321 e. The van der Waals surface area contributed by atoms with Gasteiger partial charge in [0.1, 0.15) is 0 Å². The Labute approximate surface area is 121 Å². The number of pyridine rings is 1. The molecule has 1 heterocycles. The number of amides is 1. The monoisotopic (exact) mass is 276 g/mol. The van der Waals surface area contributed by atoms with Gasteiger partial charge in [0, 0.05) is 17.1 Å². The summed E-state index contributed by atoms with van der Waals surface area (Å²) in [4.78, 5) is 27.7. The zero-order valence-electron chi connectivity index (χ0n) is 11.1. The van der Waals surface area contributed by atoms with E-state index in [0.717, 1.165) is 11.7 Å². The molecule has 2 aromatic carbocycles. The van der Waals surface area contributed by atoms with Crippen molar-refractivity contribution in [2.75, 3.05) is 5.32 Å². The number of anilines is 1. The van der Waals surface area contributed by atoms with E-state index in [9.17, 15) is 9.59 Å². The summed E-state index contributed by atoms with van der Waals surface area (Å²) < 4.78 is 0. The minimum atomic E-state index is -0.284. The maximum atomic E-state index is 12.4. The number of nitrogens with zero attached hydrogens (tertiary/aromatic N) is 1. The van der Waals surface area contributed by atoms with Gasteiger partial charge in [-0.3, -0.25) is 14.6 Å². The van der Waals surface area contributed by atoms with Crippen LogP contribution in [0.2, 0.25) is 0 Å². The van der Waals surface area contributed by atoms with Crippen LogP contribution in [0.1, 0.15) is 20.7 Å². The Balaban J connectivity index is 2.00. The molecule has 0 saturated carbocycles. The Kier molecular flexibility index (Phi) is 3.43. The molecule has 0 unspecified atom stereocenters. The average Bonchev–Trinajstić information content (AvgIpc) is 2.54. The van der Waals surface area contributed by atoms with Gasteiger partial charge in [0.25, 0.3) is 5.91 Å². The summed E-state index contributed by atoms with van der Waals surface area (Å²) in [5.41, 5.74) is 2.05. The molecule has 4 heteroatoms. The molecule has 21 heavy (non-hydrogen) atoms. The van der Waals surface area contributed by atoms with E-state index in [0.29, 0.717) is 22.3 Å². The minimum absolute atomic E-state index is 0.284. The quantitative estimate of drug-likeness (QED) is 0.747. The summed E-state index contributed by atoms with van der Waals surface area (Å²) in [5.74, 6) is -0.284. The Morgan fingerprint density at radius 1 is 1.00 bits per heavy atom. The molecule has 102 valence electrons. The summed E-state index contributed by atoms with van der Waals surface area (Å²) in [5, 5.41) is 3.66. The second-order valence-corrected chi connectivity index (χ2v) is 4.54. The van der Waals surface area contributed by atoms with Crippen LogP contribution < -0.4 is 5.32 Å². The second kappa shape index (κ2) is 5.54. The Bertz CT molecular complexity index is 822. The van der Waals surface area contributed by atoms with Crippen LogP contribution in [0.5, 0.6) is 0 Å². The van der Waals surface area contributed by atoms with Gasteiger partial charge in [0.2, 0.25) is 0 Å². The first kappa shape index (κ1) is 13.0. The first-order chi connectivity index (χ1) is 10.3. The molecule has 0 bridgehead atoms. The molecule has 0 aliphatic rings. The summed E-state index contributed by atoms with van der Waals surface area (Å²) in [6, 6.07) is 16.0. The maximum absolute atomic E-state index is 12.4. The molecule has 1 aromatic heterocycles. The molecule has 0 radical (unpaired) electrons. The number of para-hydroxylation sites is 2. The molecule has 3 rings (SSSR count). The Morgan fingerprint density at radius 3 is 2.67 bits per heavy atom. The van der Waals surface area contributed by atoms with Crippen LogP contribution in [0.15, 0.2) is 60.8 Å². The number of carbonyl (C=O) groups is 2. The predicted molar refractivity (Wildman–Crippen MR) is 81.5 cm³/mol. The van der Waals surface area contributed by atoms with Crippen molar-refractivity contribution in [1.82, 2.24) is 4.98 Å². The number of fused-ring (bicyclic) bond motifs is 1. The van der Waals surface area contributed by atoms with Gasteiger partial charge in [0.05, 0.1) is 16.8 Å². The topological polar surface area (TPSA) is 59.1 Å². The number of benzene rings is 2. The third-order valence-corrected chi connectivity index (χ3v) is 3.21. The number of aldehydes is 1. The number of hydrogen-bond donors (Lipinski definition) is 1. The lowest BCUT2D eigenvalue weighted by Gasteiger charge is -2.09. The van der Waals surface area contributed by atoms with Crippen LogP contribution in [0.3, 0.4) is 0 Å². The van der Waals surface area contributed by atoms with Gasteiger partial charge in [-0.05, 0) is 24.3 Å². The van der Waals surface area contributed by atoms with Crippen LogP contribution >= 0.6 is 0 Å². The molecule has 1 amide bonds. The zero-order valence-corrected chi connectivity index (χ0v) is 11.1. The minimum Gasteiger partial charge on any atom is -0.321 e. The van der Waals surface area contributed by atoms with E-state index in [2.05, 4.69) is 10.3 Å². The standard InChI is InChI=1S/C17H12N2O2/c20-11-13-5-1-2-9-15(13)19-17(21)14-8-3-6-12-7-4-10-18-16(12)14/h1-11H,(H,19,21). The lowest BCUT2D eigenvalue weighted by molar-refractivity contribution is 0.102. The van der Waals surface area contributed by atoms with Crippen molar-refractivity contribution in [3.05, 3.63) is 71.9 Å². The van der Waals surface area contributed by atoms with Gasteiger partial charge in [-0.2, -0.15) is 0 Å². The van der Waals surface area contributed by atoms with Gasteiger partial charge in [-0.1, -0.05) is 30.3 Å². The van der Waals surface area contributed by atoms with E-state index in [4.69, 9.17) is 0 Å². The average molecular weight is 276 g/mol. The molecule has 0 saturated heterocycles. The fourth-order valence-corrected chi connectivity index (χ4v) is 2.19. The summed E-state index contributed by atoms with van der Waals surface area (Å²) in [7, 11) is 0. The van der Waals surface area contributed by atoms with Gasteiger partial charge in [-0.15, -0.1) is 0 Å². The summed E-state index contributed by atoms with van der Waals surface area (Å²) in [6.07, 6.45) is 2.37. The van der Waals surface area contributed by atoms with Gasteiger partial charge in [0.15, 0.2) is 6.29 Å². The van der Waals surface area contributed by atoms with E-state index in [1.807, 2.05) is 24.3 Å². The van der Waals surface area contributed by atoms with Crippen LogP contribution in [-0.2, 0) is 0 Å². The van der Waals surface area contributed by atoms with E-state index >= 15 is 0 Å². The lowest BCUT2D eigenvalue weighted by atomic mass is 10.1. The highest BCUT2D eigenvalue weighted by molar-refractivity contribution is 6.12. The molecule has 1 N–H and O–H groups in total. The van der Waals surface area contributed by atoms with Crippen molar-refractivity contribution in [3.63, 3.8) is 0 Å². The van der Waals surface area contributed by atoms with Gasteiger partial charge >= 0.3 is 0 Å². The normalized spacial score (nSPS) is 10.3. The van der Waals surface area contributed by atoms with E-state index in [1.165, 1.54) is 0 Å². The Hall–Kier alpha value is -3.01. The molecule has 0 atom stereocenters. The number of aromatic nitrogens is 1. The lowest BCUT2D eigenvalue weighted by Crippen LogP contribution is -2.14. The van der Waals surface area contributed by atoms with Crippen molar-refractivity contribution < 1.29 is 9.59 Å². The van der Waals surface area contributed by atoms with E-state index < -0.39 is 0 Å². The van der Waals surface area contributed by atoms with Crippen molar-refractivity contribution in [2.24, 2.45) is 0 Å². The van der Waals surface area contributed by atoms with Crippen LogP contribution in [0, 0.1) is 0 Å². The molecule has 0 fully saturated rings. The third-order valence-electron chi connectivity index (χ3n) is 3.21. The van der Waals surface area contributed by atoms with Crippen molar-refractivity contribution in [2.45, 2.75) is 0 Å². The second-order valence-electron chi connectivity index (χ2n) is 4.54. The fourth-order valence-electron chi connectivity index (χ4n) is 2.19. The molecular formula is C17H12N2O2. The Morgan fingerprint density at radius 2 is 1.81 bits per heavy atom. The highest BCUT2D eigenvalue weighted by atomic mass is 16.1. The van der Waals surface area contributed by atoms with Crippen LogP contribution in [0.4, 0.5) is 5.69 Å². The van der Waals surface area contributed by atoms with E-state index in [1.54, 1.807) is 36.5 Å². The maximum Gasteiger partial charge on any atom is 0.257 e. The summed E-state index contributed by atoms with van der Waals surface area (Å²) in [6.45, 7) is 0. The highest BCUT2D eigenvalue weighted by Gasteiger charge is 2.12. The number of nitrogens with one attached hydrogen (secondary N) is 1. The molecular weight excluding hydrogens is 264 g/mol. The summed E-state index contributed by atoms with van der Waals surface area (Å²) >= 11 is 0.